The van der Waals surface area contributed by atoms with E-state index in [1.54, 1.807) is 13.8 Å². The van der Waals surface area contributed by atoms with E-state index >= 15 is 0 Å². The second kappa shape index (κ2) is 7.62. The minimum atomic E-state index is -1.03. The highest BCUT2D eigenvalue weighted by molar-refractivity contribution is 6.45. The first-order valence-corrected chi connectivity index (χ1v) is 8.51. The van der Waals surface area contributed by atoms with Crippen molar-refractivity contribution in [1.29, 1.82) is 0 Å². The first kappa shape index (κ1) is 18.9. The Bertz CT molecular complexity index is 603. The summed E-state index contributed by atoms with van der Waals surface area (Å²) in [4.78, 5) is 61.8. The summed E-state index contributed by atoms with van der Waals surface area (Å²) in [6, 6.07) is -2.00. The highest BCUT2D eigenvalue weighted by atomic mass is 16.2. The van der Waals surface area contributed by atoms with Crippen LogP contribution in [-0.2, 0) is 14.4 Å². The van der Waals surface area contributed by atoms with E-state index < -0.39 is 36.3 Å². The number of amides is 7. The summed E-state index contributed by atoms with van der Waals surface area (Å²) in [6.07, 6.45) is 3.45. The van der Waals surface area contributed by atoms with Crippen LogP contribution in [0.5, 0.6) is 0 Å². The number of hydrogen-bond donors (Lipinski definition) is 2. The molecular formula is C16H24N4O5. The highest BCUT2D eigenvalue weighted by Crippen LogP contribution is 2.31. The maximum atomic E-state index is 12.5. The van der Waals surface area contributed by atoms with Crippen LogP contribution in [-0.4, -0.2) is 58.2 Å². The lowest BCUT2D eigenvalue weighted by Gasteiger charge is -2.34. The summed E-state index contributed by atoms with van der Waals surface area (Å²) >= 11 is 0. The van der Waals surface area contributed by atoms with E-state index in [4.69, 9.17) is 0 Å². The molecule has 1 aliphatic heterocycles. The lowest BCUT2D eigenvalue weighted by atomic mass is 9.85. The Kier molecular flexibility index (Phi) is 5.76. The first-order valence-electron chi connectivity index (χ1n) is 8.51. The number of carbonyl (C=O) groups excluding carboxylic acids is 5. The highest BCUT2D eigenvalue weighted by Gasteiger charge is 2.49. The van der Waals surface area contributed by atoms with Gasteiger partial charge in [0.25, 0.3) is 0 Å². The van der Waals surface area contributed by atoms with Crippen LogP contribution in [0.1, 0.15) is 46.5 Å². The molecule has 0 aromatic heterocycles. The maximum absolute atomic E-state index is 12.5. The molecule has 0 radical (unpaired) electrons. The van der Waals surface area contributed by atoms with E-state index in [9.17, 15) is 24.0 Å². The molecule has 1 heterocycles. The van der Waals surface area contributed by atoms with Crippen molar-refractivity contribution in [2.45, 2.75) is 58.5 Å². The predicted octanol–water partition coefficient (Wildman–Crippen LogP) is 0.590. The van der Waals surface area contributed by atoms with Crippen molar-refractivity contribution in [3.8, 4) is 0 Å². The van der Waals surface area contributed by atoms with E-state index in [0.29, 0.717) is 11.3 Å². The van der Waals surface area contributed by atoms with Crippen LogP contribution in [0.15, 0.2) is 0 Å². The van der Waals surface area contributed by atoms with Gasteiger partial charge in [-0.2, -0.15) is 0 Å². The average molecular weight is 352 g/mol. The fraction of sp³-hybridized carbons (Fsp3) is 0.688. The van der Waals surface area contributed by atoms with Gasteiger partial charge in [0.1, 0.15) is 6.54 Å². The largest absolute Gasteiger partial charge is 0.336 e. The topological polar surface area (TPSA) is 116 Å². The SMILES string of the molecule is CC(C)NC(=O)NC(=O)CN1C(=O)C(=O)N([C@H]2CCCC[C@@H]2C)C1=O. The third kappa shape index (κ3) is 4.15. The molecule has 1 saturated heterocycles. The lowest BCUT2D eigenvalue weighted by Crippen LogP contribution is -2.49. The zero-order valence-electron chi connectivity index (χ0n) is 14.7. The number of nitrogens with zero attached hydrogens (tertiary/aromatic N) is 2. The number of carbonyl (C=O) groups is 5. The van der Waals surface area contributed by atoms with Crippen molar-refractivity contribution in [2.24, 2.45) is 5.92 Å². The van der Waals surface area contributed by atoms with Gasteiger partial charge in [0.15, 0.2) is 0 Å². The molecule has 1 aliphatic carbocycles. The molecule has 2 atom stereocenters. The van der Waals surface area contributed by atoms with Crippen LogP contribution >= 0.6 is 0 Å². The van der Waals surface area contributed by atoms with Crippen molar-refractivity contribution in [3.05, 3.63) is 0 Å². The summed E-state index contributed by atoms with van der Waals surface area (Å²) in [5, 5.41) is 4.49. The zero-order valence-corrected chi connectivity index (χ0v) is 14.7. The summed E-state index contributed by atoms with van der Waals surface area (Å²) in [7, 11) is 0. The molecule has 138 valence electrons. The quantitative estimate of drug-likeness (QED) is 0.567. The molecule has 1 saturated carbocycles. The molecule has 25 heavy (non-hydrogen) atoms. The van der Waals surface area contributed by atoms with Crippen LogP contribution in [0.2, 0.25) is 0 Å². The molecule has 2 rings (SSSR count). The Labute approximate surface area is 146 Å². The van der Waals surface area contributed by atoms with Gasteiger partial charge in [-0.1, -0.05) is 19.8 Å². The first-order chi connectivity index (χ1) is 11.7. The second-order valence-corrected chi connectivity index (χ2v) is 6.85. The number of urea groups is 2. The molecule has 0 bridgehead atoms. The van der Waals surface area contributed by atoms with E-state index in [-0.39, 0.29) is 18.0 Å². The normalized spacial score (nSPS) is 24.1. The zero-order chi connectivity index (χ0) is 18.7. The molecule has 7 amide bonds. The molecule has 0 aromatic rings. The maximum Gasteiger partial charge on any atom is 0.334 e. The van der Waals surface area contributed by atoms with Gasteiger partial charge in [-0.3, -0.25) is 24.6 Å². The molecule has 0 unspecified atom stereocenters. The van der Waals surface area contributed by atoms with Gasteiger partial charge >= 0.3 is 23.9 Å². The van der Waals surface area contributed by atoms with Crippen LogP contribution in [0, 0.1) is 5.92 Å². The van der Waals surface area contributed by atoms with Crippen molar-refractivity contribution in [3.63, 3.8) is 0 Å². The molecule has 2 fully saturated rings. The van der Waals surface area contributed by atoms with Gasteiger partial charge in [-0.25, -0.2) is 14.5 Å². The van der Waals surface area contributed by atoms with Crippen molar-refractivity contribution < 1.29 is 24.0 Å². The monoisotopic (exact) mass is 352 g/mol. The van der Waals surface area contributed by atoms with Gasteiger partial charge < -0.3 is 5.32 Å². The van der Waals surface area contributed by atoms with E-state index in [1.807, 2.05) is 12.2 Å². The molecule has 9 nitrogen and oxygen atoms in total. The third-order valence-corrected chi connectivity index (χ3v) is 4.46. The van der Waals surface area contributed by atoms with Gasteiger partial charge in [0, 0.05) is 12.1 Å². The Morgan fingerprint density at radius 2 is 1.76 bits per heavy atom. The van der Waals surface area contributed by atoms with Crippen LogP contribution in [0.4, 0.5) is 9.59 Å². The molecule has 0 aromatic carbocycles. The molecule has 2 aliphatic rings. The average Bonchev–Trinajstić information content (AvgIpc) is 2.71. The fourth-order valence-electron chi connectivity index (χ4n) is 3.24. The van der Waals surface area contributed by atoms with E-state index in [0.717, 1.165) is 24.2 Å². The molecule has 9 heteroatoms. The summed E-state index contributed by atoms with van der Waals surface area (Å²) in [6.45, 7) is 4.73. The van der Waals surface area contributed by atoms with Crippen molar-refractivity contribution in [2.75, 3.05) is 6.54 Å². The standard InChI is InChI=1S/C16H24N4O5/c1-9(2)17-15(24)18-12(21)8-19-13(22)14(23)20(16(19)25)11-7-5-4-6-10(11)3/h9-11H,4-8H2,1-3H3,(H2,17,18,21,24)/t10-,11-/m0/s1. The van der Waals surface area contributed by atoms with Crippen molar-refractivity contribution in [1.82, 2.24) is 20.4 Å². The van der Waals surface area contributed by atoms with Gasteiger partial charge in [0.2, 0.25) is 5.91 Å². The van der Waals surface area contributed by atoms with E-state index in [2.05, 4.69) is 5.32 Å². The Hall–Kier alpha value is -2.45. The van der Waals surface area contributed by atoms with Crippen molar-refractivity contribution >= 4 is 29.8 Å². The second-order valence-electron chi connectivity index (χ2n) is 6.85. The minimum Gasteiger partial charge on any atom is -0.336 e. The fourth-order valence-corrected chi connectivity index (χ4v) is 3.24. The summed E-state index contributed by atoms with van der Waals surface area (Å²) in [5.41, 5.74) is 0. The van der Waals surface area contributed by atoms with Gasteiger partial charge in [0.05, 0.1) is 0 Å². The van der Waals surface area contributed by atoms with E-state index in [1.165, 1.54) is 0 Å². The Balaban J connectivity index is 2.03. The number of imide groups is 3. The third-order valence-electron chi connectivity index (χ3n) is 4.46. The molecular weight excluding hydrogens is 328 g/mol. The Morgan fingerprint density at radius 1 is 1.12 bits per heavy atom. The molecule has 0 spiro atoms. The smallest absolute Gasteiger partial charge is 0.334 e. The number of nitrogens with one attached hydrogen (secondary N) is 2. The summed E-state index contributed by atoms with van der Waals surface area (Å²) < 4.78 is 0. The minimum absolute atomic E-state index is 0.111. The van der Waals surface area contributed by atoms with Crippen LogP contribution in [0.3, 0.4) is 0 Å². The number of hydrogen-bond acceptors (Lipinski definition) is 5. The van der Waals surface area contributed by atoms with Gasteiger partial charge in [-0.05, 0) is 32.6 Å². The Morgan fingerprint density at radius 3 is 2.36 bits per heavy atom. The molecule has 2 N–H and O–H groups in total. The van der Waals surface area contributed by atoms with Gasteiger partial charge in [-0.15, -0.1) is 0 Å². The number of rotatable bonds is 4. The van der Waals surface area contributed by atoms with Crippen LogP contribution in [0.25, 0.3) is 0 Å². The predicted molar refractivity (Wildman–Crippen MR) is 87.2 cm³/mol. The lowest BCUT2D eigenvalue weighted by molar-refractivity contribution is -0.145. The summed E-state index contributed by atoms with van der Waals surface area (Å²) in [5.74, 6) is -2.64. The van der Waals surface area contributed by atoms with Crippen LogP contribution < -0.4 is 10.6 Å².